The standard InChI is InChI=1S/C15H16BrNO3/c1-2-3-11-7-10(18)8-15(20-11)12-6-9(16)4-5-13(12)17-14(15)19/h4-6,11H,2-3,7-8H2,1H3,(H,17,19)/t11-,15-/m0/s1. The van der Waals surface area contributed by atoms with Gasteiger partial charge in [-0.15, -0.1) is 0 Å². The third kappa shape index (κ3) is 2.09. The van der Waals surface area contributed by atoms with E-state index < -0.39 is 5.60 Å². The fraction of sp³-hybridized carbons (Fsp3) is 0.467. The summed E-state index contributed by atoms with van der Waals surface area (Å²) in [6, 6.07) is 5.57. The number of amides is 1. The summed E-state index contributed by atoms with van der Waals surface area (Å²) in [6.45, 7) is 2.05. The van der Waals surface area contributed by atoms with Gasteiger partial charge in [0.05, 0.1) is 6.10 Å². The van der Waals surface area contributed by atoms with Gasteiger partial charge in [-0.1, -0.05) is 29.3 Å². The number of hydrogen-bond donors (Lipinski definition) is 1. The van der Waals surface area contributed by atoms with Gasteiger partial charge < -0.3 is 10.1 Å². The lowest BCUT2D eigenvalue weighted by Crippen LogP contribution is -2.47. The molecule has 1 aromatic rings. The van der Waals surface area contributed by atoms with Crippen LogP contribution in [0.5, 0.6) is 0 Å². The number of fused-ring (bicyclic) bond motifs is 2. The molecule has 1 amide bonds. The van der Waals surface area contributed by atoms with E-state index in [2.05, 4.69) is 21.2 Å². The highest BCUT2D eigenvalue weighted by atomic mass is 79.9. The maximum atomic E-state index is 12.4. The molecule has 3 rings (SSSR count). The molecular weight excluding hydrogens is 322 g/mol. The molecule has 0 radical (unpaired) electrons. The normalized spacial score (nSPS) is 28.6. The molecule has 1 fully saturated rings. The highest BCUT2D eigenvalue weighted by Crippen LogP contribution is 2.46. The van der Waals surface area contributed by atoms with Gasteiger partial charge in [0, 0.05) is 28.6 Å². The molecule has 1 aromatic carbocycles. The van der Waals surface area contributed by atoms with Crippen LogP contribution in [0.4, 0.5) is 5.69 Å². The van der Waals surface area contributed by atoms with E-state index in [-0.39, 0.29) is 24.2 Å². The summed E-state index contributed by atoms with van der Waals surface area (Å²) in [6.07, 6.45) is 2.09. The van der Waals surface area contributed by atoms with Gasteiger partial charge in [0.15, 0.2) is 5.60 Å². The van der Waals surface area contributed by atoms with Crippen LogP contribution in [0.25, 0.3) is 0 Å². The van der Waals surface area contributed by atoms with Crippen molar-refractivity contribution in [3.63, 3.8) is 0 Å². The van der Waals surface area contributed by atoms with Crippen LogP contribution < -0.4 is 5.32 Å². The smallest absolute Gasteiger partial charge is 0.261 e. The minimum Gasteiger partial charge on any atom is -0.356 e. The van der Waals surface area contributed by atoms with Gasteiger partial charge in [0.2, 0.25) is 0 Å². The molecule has 1 saturated heterocycles. The lowest BCUT2D eigenvalue weighted by Gasteiger charge is -2.36. The molecule has 5 heteroatoms. The Morgan fingerprint density at radius 1 is 1.45 bits per heavy atom. The van der Waals surface area contributed by atoms with Crippen molar-refractivity contribution in [1.29, 1.82) is 0 Å². The number of anilines is 1. The highest BCUT2D eigenvalue weighted by Gasteiger charge is 2.53. The lowest BCUT2D eigenvalue weighted by atomic mass is 9.84. The number of benzene rings is 1. The Labute approximate surface area is 126 Å². The second-order valence-corrected chi connectivity index (χ2v) is 6.33. The minimum atomic E-state index is -1.13. The quantitative estimate of drug-likeness (QED) is 0.901. The first-order valence-corrected chi connectivity index (χ1v) is 7.65. The summed E-state index contributed by atoms with van der Waals surface area (Å²) in [4.78, 5) is 24.5. The molecule has 0 unspecified atom stereocenters. The largest absolute Gasteiger partial charge is 0.356 e. The summed E-state index contributed by atoms with van der Waals surface area (Å²) in [5.74, 6) is -0.127. The maximum Gasteiger partial charge on any atom is 0.261 e. The average molecular weight is 338 g/mol. The topological polar surface area (TPSA) is 55.4 Å². The maximum absolute atomic E-state index is 12.4. The first kappa shape index (κ1) is 13.8. The third-order valence-electron chi connectivity index (χ3n) is 3.91. The number of carbonyl (C=O) groups excluding carboxylic acids is 2. The van der Waals surface area contributed by atoms with Gasteiger partial charge in [-0.05, 0) is 24.6 Å². The molecular formula is C15H16BrNO3. The second kappa shape index (κ2) is 4.97. The number of hydrogen-bond acceptors (Lipinski definition) is 3. The van der Waals surface area contributed by atoms with E-state index in [0.29, 0.717) is 6.42 Å². The van der Waals surface area contributed by atoms with Crippen molar-refractivity contribution in [2.24, 2.45) is 0 Å². The molecule has 2 heterocycles. The van der Waals surface area contributed by atoms with E-state index in [4.69, 9.17) is 4.74 Å². The number of nitrogens with one attached hydrogen (secondary N) is 1. The summed E-state index contributed by atoms with van der Waals surface area (Å²) in [7, 11) is 0. The fourth-order valence-corrected chi connectivity index (χ4v) is 3.41. The number of rotatable bonds is 2. The van der Waals surface area contributed by atoms with Crippen LogP contribution in [0.3, 0.4) is 0 Å². The van der Waals surface area contributed by atoms with Crippen molar-refractivity contribution in [2.75, 3.05) is 5.32 Å². The van der Waals surface area contributed by atoms with Crippen LogP contribution in [0.2, 0.25) is 0 Å². The molecule has 106 valence electrons. The van der Waals surface area contributed by atoms with E-state index in [1.165, 1.54) is 0 Å². The molecule has 2 aliphatic heterocycles. The molecule has 20 heavy (non-hydrogen) atoms. The zero-order valence-corrected chi connectivity index (χ0v) is 12.8. The van der Waals surface area contributed by atoms with Crippen LogP contribution in [0, 0.1) is 0 Å². The average Bonchev–Trinajstić information content (AvgIpc) is 2.63. The molecule has 4 nitrogen and oxygen atoms in total. The fourth-order valence-electron chi connectivity index (χ4n) is 3.05. The molecule has 2 atom stereocenters. The van der Waals surface area contributed by atoms with Crippen molar-refractivity contribution < 1.29 is 14.3 Å². The van der Waals surface area contributed by atoms with Crippen LogP contribution >= 0.6 is 15.9 Å². The van der Waals surface area contributed by atoms with Crippen LogP contribution in [0.15, 0.2) is 22.7 Å². The molecule has 0 saturated carbocycles. The van der Waals surface area contributed by atoms with E-state index in [9.17, 15) is 9.59 Å². The van der Waals surface area contributed by atoms with Crippen molar-refractivity contribution in [1.82, 2.24) is 0 Å². The van der Waals surface area contributed by atoms with Gasteiger partial charge in [-0.2, -0.15) is 0 Å². The number of ether oxygens (including phenoxy) is 1. The van der Waals surface area contributed by atoms with Gasteiger partial charge >= 0.3 is 0 Å². The minimum absolute atomic E-state index is 0.0951. The number of halogens is 1. The van der Waals surface area contributed by atoms with Crippen LogP contribution in [-0.4, -0.2) is 17.8 Å². The zero-order valence-electron chi connectivity index (χ0n) is 11.2. The predicted octanol–water partition coefficient (Wildman–Crippen LogP) is 3.14. The molecule has 0 aliphatic carbocycles. The van der Waals surface area contributed by atoms with Gasteiger partial charge in [0.1, 0.15) is 5.78 Å². The van der Waals surface area contributed by atoms with Crippen molar-refractivity contribution >= 4 is 33.3 Å². The Balaban J connectivity index is 2.05. The van der Waals surface area contributed by atoms with Crippen molar-refractivity contribution in [3.8, 4) is 0 Å². The molecule has 2 aliphatic rings. The van der Waals surface area contributed by atoms with E-state index >= 15 is 0 Å². The first-order chi connectivity index (χ1) is 9.55. The van der Waals surface area contributed by atoms with Gasteiger partial charge in [-0.3, -0.25) is 9.59 Å². The predicted molar refractivity (Wildman–Crippen MR) is 78.5 cm³/mol. The Bertz CT molecular complexity index is 586. The Kier molecular flexibility index (Phi) is 3.42. The summed E-state index contributed by atoms with van der Waals surface area (Å²) in [5.41, 5.74) is 0.378. The zero-order chi connectivity index (χ0) is 14.3. The van der Waals surface area contributed by atoms with E-state index in [1.807, 2.05) is 25.1 Å². The Morgan fingerprint density at radius 2 is 2.25 bits per heavy atom. The Hall–Kier alpha value is -1.20. The van der Waals surface area contributed by atoms with Crippen LogP contribution in [0.1, 0.15) is 38.2 Å². The summed E-state index contributed by atoms with van der Waals surface area (Å²) < 4.78 is 6.96. The molecule has 0 bridgehead atoms. The Morgan fingerprint density at radius 3 is 3.00 bits per heavy atom. The van der Waals surface area contributed by atoms with E-state index in [1.54, 1.807) is 0 Å². The SMILES string of the molecule is CCC[C@H]1CC(=O)C[C@@]2(O1)C(=O)Nc1ccc(Br)cc12. The first-order valence-electron chi connectivity index (χ1n) is 6.86. The van der Waals surface area contributed by atoms with E-state index in [0.717, 1.165) is 28.6 Å². The summed E-state index contributed by atoms with van der Waals surface area (Å²) in [5, 5.41) is 2.83. The monoisotopic (exact) mass is 337 g/mol. The molecule has 0 aromatic heterocycles. The number of Topliss-reactive ketones (excluding diaryl/α,β-unsaturated/α-hetero) is 1. The van der Waals surface area contributed by atoms with Crippen molar-refractivity contribution in [3.05, 3.63) is 28.2 Å². The molecule has 1 spiro atoms. The number of ketones is 1. The van der Waals surface area contributed by atoms with Gasteiger partial charge in [0.25, 0.3) is 5.91 Å². The van der Waals surface area contributed by atoms with Gasteiger partial charge in [-0.25, -0.2) is 0 Å². The van der Waals surface area contributed by atoms with Crippen molar-refractivity contribution in [2.45, 2.75) is 44.3 Å². The van der Waals surface area contributed by atoms with Crippen LogP contribution in [-0.2, 0) is 19.9 Å². The molecule has 1 N–H and O–H groups in total. The third-order valence-corrected chi connectivity index (χ3v) is 4.40. The number of carbonyl (C=O) groups is 2. The highest BCUT2D eigenvalue weighted by molar-refractivity contribution is 9.10. The summed E-state index contributed by atoms with van der Waals surface area (Å²) >= 11 is 3.42. The lowest BCUT2D eigenvalue weighted by molar-refractivity contribution is -0.170. The second-order valence-electron chi connectivity index (χ2n) is 5.42.